The number of furan rings is 1. The molecule has 0 N–H and O–H groups in total. The molecule has 130 valence electrons. The molecular formula is C20H23N3O2. The molecule has 0 aliphatic carbocycles. The Hall–Kier alpha value is -2.27. The van der Waals surface area contributed by atoms with Gasteiger partial charge in [0, 0.05) is 37.9 Å². The normalized spacial score (nSPS) is 24.6. The Balaban J connectivity index is 1.58. The molecule has 1 spiro atoms. The van der Waals surface area contributed by atoms with E-state index in [2.05, 4.69) is 41.2 Å². The molecule has 25 heavy (non-hydrogen) atoms. The zero-order valence-electron chi connectivity index (χ0n) is 14.7. The van der Waals surface area contributed by atoms with Gasteiger partial charge in [-0.3, -0.25) is 0 Å². The van der Waals surface area contributed by atoms with Crippen LogP contribution in [0.1, 0.15) is 42.4 Å². The number of ether oxygens (including phenoxy) is 1. The molecule has 1 atom stereocenters. The molecule has 5 heteroatoms. The van der Waals surface area contributed by atoms with E-state index >= 15 is 0 Å². The summed E-state index contributed by atoms with van der Waals surface area (Å²) >= 11 is 0. The number of benzene rings is 1. The summed E-state index contributed by atoms with van der Waals surface area (Å²) in [7, 11) is 2.17. The van der Waals surface area contributed by atoms with E-state index in [1.807, 2.05) is 19.1 Å². The SMILES string of the molecule is Cc1ccc(C2=NN3[C@H](C2)c2ccccc2OC32CCN(C)CC2)o1. The van der Waals surface area contributed by atoms with Gasteiger partial charge in [-0.1, -0.05) is 18.2 Å². The highest BCUT2D eigenvalue weighted by Gasteiger charge is 2.51. The van der Waals surface area contributed by atoms with Crippen LogP contribution in [0.3, 0.4) is 0 Å². The van der Waals surface area contributed by atoms with Crippen molar-refractivity contribution in [1.29, 1.82) is 0 Å². The van der Waals surface area contributed by atoms with E-state index in [-0.39, 0.29) is 11.8 Å². The van der Waals surface area contributed by atoms with Crippen LogP contribution in [0.2, 0.25) is 0 Å². The van der Waals surface area contributed by atoms with Crippen molar-refractivity contribution >= 4 is 5.71 Å². The number of para-hydroxylation sites is 1. The first-order valence-electron chi connectivity index (χ1n) is 9.05. The van der Waals surface area contributed by atoms with Crippen LogP contribution < -0.4 is 4.74 Å². The maximum absolute atomic E-state index is 6.57. The summed E-state index contributed by atoms with van der Waals surface area (Å²) in [6.45, 7) is 4.02. The first-order valence-corrected chi connectivity index (χ1v) is 9.05. The van der Waals surface area contributed by atoms with Crippen LogP contribution >= 0.6 is 0 Å². The zero-order chi connectivity index (χ0) is 17.0. The van der Waals surface area contributed by atoms with Gasteiger partial charge in [-0.2, -0.15) is 5.10 Å². The smallest absolute Gasteiger partial charge is 0.200 e. The number of fused-ring (bicyclic) bond motifs is 4. The van der Waals surface area contributed by atoms with E-state index in [1.54, 1.807) is 0 Å². The molecule has 1 aromatic heterocycles. The fourth-order valence-corrected chi connectivity index (χ4v) is 4.27. The third kappa shape index (κ3) is 2.29. The van der Waals surface area contributed by atoms with Gasteiger partial charge in [0.1, 0.15) is 23.0 Å². The molecule has 0 radical (unpaired) electrons. The molecule has 0 saturated carbocycles. The van der Waals surface area contributed by atoms with E-state index in [9.17, 15) is 0 Å². The molecule has 5 rings (SSSR count). The molecule has 0 amide bonds. The summed E-state index contributed by atoms with van der Waals surface area (Å²) in [5, 5.41) is 7.24. The first-order chi connectivity index (χ1) is 12.1. The lowest BCUT2D eigenvalue weighted by Gasteiger charge is -2.50. The predicted octanol–water partition coefficient (Wildman–Crippen LogP) is 3.55. The number of piperidine rings is 1. The molecule has 0 bridgehead atoms. The number of nitrogens with zero attached hydrogens (tertiary/aromatic N) is 3. The molecule has 3 aliphatic rings. The highest BCUT2D eigenvalue weighted by molar-refractivity contribution is 5.99. The van der Waals surface area contributed by atoms with Gasteiger partial charge < -0.3 is 14.1 Å². The van der Waals surface area contributed by atoms with Crippen LogP contribution in [0, 0.1) is 6.92 Å². The molecule has 1 saturated heterocycles. The highest BCUT2D eigenvalue weighted by atomic mass is 16.5. The minimum Gasteiger partial charge on any atom is -0.466 e. The van der Waals surface area contributed by atoms with E-state index in [0.717, 1.165) is 55.3 Å². The van der Waals surface area contributed by atoms with Crippen LogP contribution in [0.25, 0.3) is 0 Å². The lowest BCUT2D eigenvalue weighted by atomic mass is 9.91. The molecule has 1 aromatic carbocycles. The summed E-state index contributed by atoms with van der Waals surface area (Å²) in [6.07, 6.45) is 2.79. The number of likely N-dealkylation sites (tertiary alicyclic amines) is 1. The van der Waals surface area contributed by atoms with Crippen LogP contribution in [-0.2, 0) is 0 Å². The van der Waals surface area contributed by atoms with Crippen LogP contribution in [0.15, 0.2) is 45.9 Å². The van der Waals surface area contributed by atoms with Crippen molar-refractivity contribution in [3.63, 3.8) is 0 Å². The summed E-state index contributed by atoms with van der Waals surface area (Å²) in [4.78, 5) is 2.36. The van der Waals surface area contributed by atoms with Crippen molar-refractivity contribution in [2.45, 2.75) is 38.0 Å². The molecule has 4 heterocycles. The van der Waals surface area contributed by atoms with Gasteiger partial charge in [-0.15, -0.1) is 0 Å². The number of hydrazone groups is 1. The van der Waals surface area contributed by atoms with Crippen molar-refractivity contribution in [3.8, 4) is 5.75 Å². The van der Waals surface area contributed by atoms with Gasteiger partial charge in [0.2, 0.25) is 5.72 Å². The second-order valence-electron chi connectivity index (χ2n) is 7.41. The minimum atomic E-state index is -0.338. The number of hydrogen-bond acceptors (Lipinski definition) is 5. The number of hydrogen-bond donors (Lipinski definition) is 0. The standard InChI is InChI=1S/C20H23N3O2/c1-14-7-8-19(24-14)16-13-17-15-5-3-4-6-18(15)25-20(23(17)21-16)9-11-22(2)12-10-20/h3-8,17H,9-13H2,1-2H3/t17-/m1/s1. The van der Waals surface area contributed by atoms with Gasteiger partial charge in [0.25, 0.3) is 0 Å². The van der Waals surface area contributed by atoms with Crippen LogP contribution in [0.4, 0.5) is 0 Å². The van der Waals surface area contributed by atoms with Crippen LogP contribution in [0.5, 0.6) is 5.75 Å². The lowest BCUT2D eigenvalue weighted by molar-refractivity contribution is -0.147. The minimum absolute atomic E-state index is 0.230. The maximum atomic E-state index is 6.57. The van der Waals surface area contributed by atoms with Crippen molar-refractivity contribution in [2.24, 2.45) is 5.10 Å². The van der Waals surface area contributed by atoms with Gasteiger partial charge in [-0.25, -0.2) is 5.01 Å². The Morgan fingerprint density at radius 2 is 1.92 bits per heavy atom. The Labute approximate surface area is 147 Å². The molecular weight excluding hydrogens is 314 g/mol. The average Bonchev–Trinajstić information content (AvgIpc) is 3.25. The largest absolute Gasteiger partial charge is 0.466 e. The van der Waals surface area contributed by atoms with E-state index in [1.165, 1.54) is 5.56 Å². The fraction of sp³-hybridized carbons (Fsp3) is 0.450. The predicted molar refractivity (Wildman–Crippen MR) is 95.7 cm³/mol. The maximum Gasteiger partial charge on any atom is 0.200 e. The van der Waals surface area contributed by atoms with E-state index in [4.69, 9.17) is 14.3 Å². The number of rotatable bonds is 1. The Kier molecular flexibility index (Phi) is 3.22. The zero-order valence-corrected chi connectivity index (χ0v) is 14.7. The monoisotopic (exact) mass is 337 g/mol. The Bertz CT molecular complexity index is 833. The second kappa shape index (κ2) is 5.36. The molecule has 1 fully saturated rings. The van der Waals surface area contributed by atoms with Crippen molar-refractivity contribution in [1.82, 2.24) is 9.91 Å². The first kappa shape index (κ1) is 15.0. The van der Waals surface area contributed by atoms with E-state index in [0.29, 0.717) is 0 Å². The summed E-state index contributed by atoms with van der Waals surface area (Å²) < 4.78 is 12.4. The molecule has 2 aromatic rings. The van der Waals surface area contributed by atoms with Gasteiger partial charge in [0.15, 0.2) is 0 Å². The molecule has 5 nitrogen and oxygen atoms in total. The average molecular weight is 337 g/mol. The number of aryl methyl sites for hydroxylation is 1. The third-order valence-corrected chi connectivity index (χ3v) is 5.70. The van der Waals surface area contributed by atoms with Crippen LogP contribution in [-0.4, -0.2) is 41.5 Å². The summed E-state index contributed by atoms with van der Waals surface area (Å²) in [6, 6.07) is 12.7. The van der Waals surface area contributed by atoms with E-state index < -0.39 is 0 Å². The van der Waals surface area contributed by atoms with Crippen molar-refractivity contribution in [2.75, 3.05) is 20.1 Å². The quantitative estimate of drug-likeness (QED) is 0.798. The molecule has 3 aliphatic heterocycles. The second-order valence-corrected chi connectivity index (χ2v) is 7.41. The van der Waals surface area contributed by atoms with Crippen molar-refractivity contribution < 1.29 is 9.15 Å². The van der Waals surface area contributed by atoms with Crippen molar-refractivity contribution in [3.05, 3.63) is 53.5 Å². The fourth-order valence-electron chi connectivity index (χ4n) is 4.27. The Morgan fingerprint density at radius 3 is 2.68 bits per heavy atom. The van der Waals surface area contributed by atoms with Gasteiger partial charge in [-0.05, 0) is 32.2 Å². The topological polar surface area (TPSA) is 41.2 Å². The highest BCUT2D eigenvalue weighted by Crippen LogP contribution is 2.49. The summed E-state index contributed by atoms with van der Waals surface area (Å²) in [5.74, 6) is 2.82. The molecule has 0 unspecified atom stereocenters. The summed E-state index contributed by atoms with van der Waals surface area (Å²) in [5.41, 5.74) is 1.92. The third-order valence-electron chi connectivity index (χ3n) is 5.70. The van der Waals surface area contributed by atoms with Gasteiger partial charge >= 0.3 is 0 Å². The lowest BCUT2D eigenvalue weighted by Crippen LogP contribution is -2.58. The van der Waals surface area contributed by atoms with Gasteiger partial charge in [0.05, 0.1) is 6.04 Å². The Morgan fingerprint density at radius 1 is 1.12 bits per heavy atom.